The van der Waals surface area contributed by atoms with Crippen LogP contribution in [0.5, 0.6) is 17.2 Å². The maximum Gasteiger partial charge on any atom is 0.205 e. The van der Waals surface area contributed by atoms with Crippen LogP contribution in [-0.4, -0.2) is 25.1 Å². The van der Waals surface area contributed by atoms with E-state index in [1.165, 1.54) is 26.6 Å². The molecule has 3 aromatic rings. The van der Waals surface area contributed by atoms with Crippen molar-refractivity contribution in [1.29, 1.82) is 5.26 Å². The number of hydrogen-bond acceptors (Lipinski definition) is 6. The average Bonchev–Trinajstić information content (AvgIpc) is 3.14. The van der Waals surface area contributed by atoms with Gasteiger partial charge in [-0.1, -0.05) is 18.2 Å². The molecule has 1 heterocycles. The summed E-state index contributed by atoms with van der Waals surface area (Å²) in [4.78, 5) is 12.7. The van der Waals surface area contributed by atoms with E-state index in [4.69, 9.17) is 19.2 Å². The molecule has 3 rings (SSSR count). The fourth-order valence-corrected chi connectivity index (χ4v) is 2.68. The molecule has 0 spiro atoms. The van der Waals surface area contributed by atoms with Gasteiger partial charge in [0.15, 0.2) is 17.1 Å². The Bertz CT molecular complexity index is 1040. The van der Waals surface area contributed by atoms with Crippen LogP contribution in [0, 0.1) is 11.3 Å². The van der Waals surface area contributed by atoms with Gasteiger partial charge < -0.3 is 19.0 Å². The minimum absolute atomic E-state index is 0.0110. The molecule has 6 nitrogen and oxygen atoms in total. The first kappa shape index (κ1) is 17.1. The number of hydrogen-bond donors (Lipinski definition) is 1. The van der Waals surface area contributed by atoms with Crippen molar-refractivity contribution >= 4 is 22.8 Å². The number of ether oxygens (including phenoxy) is 2. The van der Waals surface area contributed by atoms with Gasteiger partial charge in [-0.15, -0.1) is 0 Å². The molecule has 2 aromatic carbocycles. The second-order valence-corrected chi connectivity index (χ2v) is 5.38. The maximum atomic E-state index is 12.7. The van der Waals surface area contributed by atoms with Crippen molar-refractivity contribution in [2.24, 2.45) is 0 Å². The summed E-state index contributed by atoms with van der Waals surface area (Å²) in [5.74, 6) is -0.520. The number of nitriles is 1. The highest BCUT2D eigenvalue weighted by atomic mass is 16.5. The molecule has 0 bridgehead atoms. The highest BCUT2D eigenvalue weighted by Crippen LogP contribution is 2.45. The summed E-state index contributed by atoms with van der Waals surface area (Å²) in [6.45, 7) is 0. The van der Waals surface area contributed by atoms with E-state index in [1.807, 2.05) is 6.07 Å². The normalized spacial score (nSPS) is 10.8. The summed E-state index contributed by atoms with van der Waals surface area (Å²) in [7, 11) is 2.79. The van der Waals surface area contributed by atoms with Crippen LogP contribution in [-0.2, 0) is 0 Å². The Kier molecular flexibility index (Phi) is 4.63. The fourth-order valence-electron chi connectivity index (χ4n) is 2.68. The molecule has 1 aromatic heterocycles. The number of carbonyl (C=O) groups is 1. The number of aromatic hydroxyl groups is 1. The van der Waals surface area contributed by atoms with Crippen molar-refractivity contribution < 1.29 is 23.8 Å². The Morgan fingerprint density at radius 2 is 1.85 bits per heavy atom. The van der Waals surface area contributed by atoms with Crippen LogP contribution >= 0.6 is 0 Å². The third-order valence-electron chi connectivity index (χ3n) is 3.92. The summed E-state index contributed by atoms with van der Waals surface area (Å²) in [6, 6.07) is 10.4. The van der Waals surface area contributed by atoms with Crippen LogP contribution in [0.3, 0.4) is 0 Å². The van der Waals surface area contributed by atoms with Gasteiger partial charge in [-0.2, -0.15) is 5.26 Å². The molecule has 0 radical (unpaired) electrons. The Hall–Kier alpha value is -3.72. The van der Waals surface area contributed by atoms with E-state index in [9.17, 15) is 9.90 Å². The summed E-state index contributed by atoms with van der Waals surface area (Å²) in [5, 5.41) is 19.8. The lowest BCUT2D eigenvalue weighted by atomic mass is 10.0. The maximum absolute atomic E-state index is 12.7. The number of phenols is 1. The Labute approximate surface area is 149 Å². The van der Waals surface area contributed by atoms with Gasteiger partial charge >= 0.3 is 0 Å². The number of nitrogens with zero attached hydrogens (tertiary/aromatic N) is 1. The van der Waals surface area contributed by atoms with Crippen molar-refractivity contribution in [2.75, 3.05) is 14.2 Å². The fraction of sp³-hybridized carbons (Fsp3) is 0.100. The molecular formula is C20H15NO5. The van der Waals surface area contributed by atoms with Gasteiger partial charge in [0.2, 0.25) is 5.75 Å². The van der Waals surface area contributed by atoms with Gasteiger partial charge in [0.1, 0.15) is 11.3 Å². The highest BCUT2D eigenvalue weighted by Gasteiger charge is 2.26. The Morgan fingerprint density at radius 1 is 1.15 bits per heavy atom. The first-order valence-electron chi connectivity index (χ1n) is 7.67. The number of allylic oxidation sites excluding steroid dienone is 1. The number of ketones is 1. The number of benzene rings is 2. The second-order valence-electron chi connectivity index (χ2n) is 5.38. The SMILES string of the molecule is COc1c(C(=O)C=Cc2ccc(C#N)cc2)c(O)c(OC)c2occc12. The van der Waals surface area contributed by atoms with E-state index in [1.54, 1.807) is 36.4 Å². The third-order valence-corrected chi connectivity index (χ3v) is 3.92. The second kappa shape index (κ2) is 7.03. The van der Waals surface area contributed by atoms with Crippen molar-refractivity contribution in [3.8, 4) is 23.3 Å². The summed E-state index contributed by atoms with van der Waals surface area (Å²) < 4.78 is 15.9. The molecule has 0 saturated carbocycles. The molecule has 130 valence electrons. The van der Waals surface area contributed by atoms with Crippen molar-refractivity contribution in [3.63, 3.8) is 0 Å². The summed E-state index contributed by atoms with van der Waals surface area (Å²) in [6.07, 6.45) is 4.34. The minimum atomic E-state index is -0.454. The van der Waals surface area contributed by atoms with E-state index >= 15 is 0 Å². The number of rotatable bonds is 5. The lowest BCUT2D eigenvalue weighted by Crippen LogP contribution is -2.02. The number of furan rings is 1. The molecule has 6 heteroatoms. The zero-order valence-corrected chi connectivity index (χ0v) is 14.1. The number of carbonyl (C=O) groups excluding carboxylic acids is 1. The minimum Gasteiger partial charge on any atom is -0.504 e. The van der Waals surface area contributed by atoms with E-state index in [2.05, 4.69) is 0 Å². The zero-order chi connectivity index (χ0) is 18.7. The Balaban J connectivity index is 2.05. The van der Waals surface area contributed by atoms with Crippen molar-refractivity contribution in [1.82, 2.24) is 0 Å². The largest absolute Gasteiger partial charge is 0.504 e. The predicted molar refractivity (Wildman–Crippen MR) is 95.5 cm³/mol. The van der Waals surface area contributed by atoms with E-state index in [-0.39, 0.29) is 22.8 Å². The lowest BCUT2D eigenvalue weighted by molar-refractivity contribution is 0.104. The smallest absolute Gasteiger partial charge is 0.205 e. The van der Waals surface area contributed by atoms with Gasteiger partial charge in [0, 0.05) is 0 Å². The first-order chi connectivity index (χ1) is 12.6. The average molecular weight is 349 g/mol. The third kappa shape index (κ3) is 2.87. The molecule has 1 N–H and O–H groups in total. The summed E-state index contributed by atoms with van der Waals surface area (Å²) >= 11 is 0. The standard InChI is InChI=1S/C20H15NO5/c1-24-18-14-9-10-26-19(14)20(25-2)17(23)16(18)15(22)8-7-12-3-5-13(11-21)6-4-12/h3-10,23H,1-2H3. The molecule has 0 aliphatic heterocycles. The molecule has 0 unspecified atom stereocenters. The zero-order valence-electron chi connectivity index (χ0n) is 14.1. The number of fused-ring (bicyclic) bond motifs is 1. The first-order valence-corrected chi connectivity index (χ1v) is 7.67. The van der Waals surface area contributed by atoms with Gasteiger partial charge in [-0.25, -0.2) is 0 Å². The molecule has 0 amide bonds. The predicted octanol–water partition coefficient (Wildman–Crippen LogP) is 3.92. The van der Waals surface area contributed by atoms with E-state index in [0.717, 1.165) is 5.56 Å². The molecule has 0 fully saturated rings. The Morgan fingerprint density at radius 3 is 2.46 bits per heavy atom. The number of phenolic OH excluding ortho intramolecular Hbond substituents is 1. The van der Waals surface area contributed by atoms with E-state index < -0.39 is 5.78 Å². The lowest BCUT2D eigenvalue weighted by Gasteiger charge is -2.13. The molecule has 26 heavy (non-hydrogen) atoms. The van der Waals surface area contributed by atoms with Crippen LogP contribution in [0.15, 0.2) is 47.1 Å². The topological polar surface area (TPSA) is 92.7 Å². The van der Waals surface area contributed by atoms with Crippen LogP contribution in [0.1, 0.15) is 21.5 Å². The van der Waals surface area contributed by atoms with Crippen LogP contribution in [0.2, 0.25) is 0 Å². The monoisotopic (exact) mass is 349 g/mol. The molecular weight excluding hydrogens is 334 g/mol. The van der Waals surface area contributed by atoms with Crippen LogP contribution in [0.25, 0.3) is 17.0 Å². The van der Waals surface area contributed by atoms with Crippen molar-refractivity contribution in [2.45, 2.75) is 0 Å². The molecule has 0 aliphatic carbocycles. The quantitative estimate of drug-likeness (QED) is 0.554. The van der Waals surface area contributed by atoms with E-state index in [0.29, 0.717) is 16.5 Å². The van der Waals surface area contributed by atoms with Gasteiger partial charge in [0.25, 0.3) is 0 Å². The summed E-state index contributed by atoms with van der Waals surface area (Å²) in [5.41, 5.74) is 1.56. The number of methoxy groups -OCH3 is 2. The highest BCUT2D eigenvalue weighted by molar-refractivity contribution is 6.15. The van der Waals surface area contributed by atoms with Crippen LogP contribution in [0.4, 0.5) is 0 Å². The van der Waals surface area contributed by atoms with Gasteiger partial charge in [-0.05, 0) is 29.8 Å². The molecule has 0 saturated heterocycles. The molecule has 0 atom stereocenters. The van der Waals surface area contributed by atoms with Gasteiger partial charge in [-0.3, -0.25) is 4.79 Å². The van der Waals surface area contributed by atoms with Crippen molar-refractivity contribution in [3.05, 3.63) is 59.4 Å². The van der Waals surface area contributed by atoms with Crippen LogP contribution < -0.4 is 9.47 Å². The van der Waals surface area contributed by atoms with Gasteiger partial charge in [0.05, 0.1) is 37.5 Å². The molecule has 0 aliphatic rings.